The lowest BCUT2D eigenvalue weighted by atomic mass is 10.0. The van der Waals surface area contributed by atoms with E-state index in [2.05, 4.69) is 5.32 Å². The molecule has 2 amide bonds. The van der Waals surface area contributed by atoms with Crippen LogP contribution in [-0.2, 0) is 32.6 Å². The summed E-state index contributed by atoms with van der Waals surface area (Å²) in [6.45, 7) is 5.27. The first-order valence-electron chi connectivity index (χ1n) is 13.0. The monoisotopic (exact) mass is 565 g/mol. The van der Waals surface area contributed by atoms with E-state index in [1.54, 1.807) is 12.1 Å². The summed E-state index contributed by atoms with van der Waals surface area (Å²) in [6.07, 6.45) is 1.30. The standard InChI is InChI=1S/C30H35N3O6S/c1-30(2,3)31-29(35)25(17-22-11-7-5-8-12-22)32(19-23-13-9-6-10-14-23)28(34)20-33(40(4,36)37)24-15-16-26-27(18-24)39-21-38-26/h5-16,18,25H,17,19-21H2,1-4H3,(H,31,35)/t25-/m0/s1. The Hall–Kier alpha value is -4.05. The molecule has 1 N–H and O–H groups in total. The smallest absolute Gasteiger partial charge is 0.244 e. The average molecular weight is 566 g/mol. The van der Waals surface area contributed by atoms with Gasteiger partial charge in [-0.2, -0.15) is 0 Å². The number of nitrogens with one attached hydrogen (secondary N) is 1. The molecule has 1 atom stereocenters. The second kappa shape index (κ2) is 12.0. The van der Waals surface area contributed by atoms with E-state index in [-0.39, 0.29) is 31.4 Å². The molecule has 0 bridgehead atoms. The summed E-state index contributed by atoms with van der Waals surface area (Å²) in [7, 11) is -3.88. The number of hydrogen-bond acceptors (Lipinski definition) is 6. The van der Waals surface area contributed by atoms with Crippen molar-refractivity contribution in [2.45, 2.75) is 45.3 Å². The summed E-state index contributed by atoms with van der Waals surface area (Å²) in [5.41, 5.74) is 1.40. The topological polar surface area (TPSA) is 105 Å². The third-order valence-electron chi connectivity index (χ3n) is 6.29. The average Bonchev–Trinajstić information content (AvgIpc) is 3.36. The van der Waals surface area contributed by atoms with E-state index in [1.165, 1.54) is 11.0 Å². The number of rotatable bonds is 10. The van der Waals surface area contributed by atoms with E-state index in [1.807, 2.05) is 81.4 Å². The van der Waals surface area contributed by atoms with Gasteiger partial charge in [0.25, 0.3) is 0 Å². The van der Waals surface area contributed by atoms with Crippen molar-refractivity contribution >= 4 is 27.5 Å². The maximum absolute atomic E-state index is 14.1. The van der Waals surface area contributed by atoms with Crippen LogP contribution in [0, 0.1) is 0 Å². The number of carbonyl (C=O) groups is 2. The van der Waals surface area contributed by atoms with Crippen molar-refractivity contribution in [2.75, 3.05) is 23.9 Å². The molecule has 40 heavy (non-hydrogen) atoms. The minimum Gasteiger partial charge on any atom is -0.454 e. The second-order valence-corrected chi connectivity index (χ2v) is 12.7. The van der Waals surface area contributed by atoms with Gasteiger partial charge in [-0.25, -0.2) is 8.42 Å². The Morgan fingerprint density at radius 3 is 2.10 bits per heavy atom. The molecule has 1 aliphatic heterocycles. The lowest BCUT2D eigenvalue weighted by molar-refractivity contribution is -0.140. The Bertz CT molecular complexity index is 1440. The molecule has 0 spiro atoms. The van der Waals surface area contributed by atoms with Gasteiger partial charge in [0.2, 0.25) is 28.6 Å². The van der Waals surface area contributed by atoms with Crippen LogP contribution >= 0.6 is 0 Å². The van der Waals surface area contributed by atoms with Crippen molar-refractivity contribution in [1.29, 1.82) is 0 Å². The molecular formula is C30H35N3O6S. The third kappa shape index (κ3) is 7.53. The lowest BCUT2D eigenvalue weighted by Crippen LogP contribution is -2.56. The maximum atomic E-state index is 14.1. The van der Waals surface area contributed by atoms with E-state index in [0.29, 0.717) is 11.5 Å². The zero-order valence-corrected chi connectivity index (χ0v) is 24.0. The number of nitrogens with zero attached hydrogens (tertiary/aromatic N) is 2. The van der Waals surface area contributed by atoms with E-state index >= 15 is 0 Å². The molecule has 1 heterocycles. The number of amides is 2. The van der Waals surface area contributed by atoms with Gasteiger partial charge in [-0.3, -0.25) is 13.9 Å². The van der Waals surface area contributed by atoms with Crippen LogP contribution in [0.15, 0.2) is 78.9 Å². The van der Waals surface area contributed by atoms with Crippen molar-refractivity contribution < 1.29 is 27.5 Å². The Kier molecular flexibility index (Phi) is 8.68. The van der Waals surface area contributed by atoms with Crippen LogP contribution in [0.3, 0.4) is 0 Å². The molecule has 0 unspecified atom stereocenters. The van der Waals surface area contributed by atoms with Crippen molar-refractivity contribution in [3.05, 3.63) is 90.0 Å². The van der Waals surface area contributed by atoms with Gasteiger partial charge in [0.05, 0.1) is 11.9 Å². The summed E-state index contributed by atoms with van der Waals surface area (Å²) >= 11 is 0. The van der Waals surface area contributed by atoms with Crippen molar-refractivity contribution in [2.24, 2.45) is 0 Å². The number of benzene rings is 3. The molecule has 0 radical (unpaired) electrons. The third-order valence-corrected chi connectivity index (χ3v) is 7.43. The molecule has 0 fully saturated rings. The molecule has 212 valence electrons. The van der Waals surface area contributed by atoms with Gasteiger partial charge in [-0.05, 0) is 44.0 Å². The minimum absolute atomic E-state index is 0.0332. The molecule has 3 aromatic rings. The number of ether oxygens (including phenoxy) is 2. The Morgan fingerprint density at radius 1 is 0.900 bits per heavy atom. The highest BCUT2D eigenvalue weighted by Crippen LogP contribution is 2.36. The van der Waals surface area contributed by atoms with Crippen LogP contribution in [0.2, 0.25) is 0 Å². The van der Waals surface area contributed by atoms with Crippen molar-refractivity contribution in [3.8, 4) is 11.5 Å². The molecule has 0 aromatic heterocycles. The van der Waals surface area contributed by atoms with Gasteiger partial charge in [0.15, 0.2) is 11.5 Å². The molecule has 10 heteroatoms. The fourth-order valence-corrected chi connectivity index (χ4v) is 5.28. The quantitative estimate of drug-likeness (QED) is 0.402. The zero-order chi connectivity index (χ0) is 28.9. The minimum atomic E-state index is -3.88. The lowest BCUT2D eigenvalue weighted by Gasteiger charge is -2.35. The van der Waals surface area contributed by atoms with Crippen LogP contribution in [-0.4, -0.2) is 56.3 Å². The molecule has 0 saturated heterocycles. The SMILES string of the molecule is CC(C)(C)NC(=O)[C@H](Cc1ccccc1)N(Cc1ccccc1)C(=O)CN(c1ccc2c(c1)OCO2)S(C)(=O)=O. The molecular weight excluding hydrogens is 530 g/mol. The molecule has 0 aliphatic carbocycles. The first-order chi connectivity index (χ1) is 18.9. The van der Waals surface area contributed by atoms with Crippen LogP contribution in [0.4, 0.5) is 5.69 Å². The first kappa shape index (κ1) is 28.9. The van der Waals surface area contributed by atoms with Crippen LogP contribution in [0.1, 0.15) is 31.9 Å². The van der Waals surface area contributed by atoms with Crippen molar-refractivity contribution in [1.82, 2.24) is 10.2 Å². The van der Waals surface area contributed by atoms with Gasteiger partial charge in [0, 0.05) is 24.6 Å². The first-order valence-corrected chi connectivity index (χ1v) is 14.8. The highest BCUT2D eigenvalue weighted by Gasteiger charge is 2.34. The Morgan fingerprint density at radius 2 is 1.50 bits per heavy atom. The fraction of sp³-hybridized carbons (Fsp3) is 0.333. The van der Waals surface area contributed by atoms with Gasteiger partial charge in [-0.1, -0.05) is 60.7 Å². The molecule has 0 saturated carbocycles. The number of hydrogen-bond donors (Lipinski definition) is 1. The number of carbonyl (C=O) groups excluding carboxylic acids is 2. The van der Waals surface area contributed by atoms with Crippen LogP contribution < -0.4 is 19.1 Å². The van der Waals surface area contributed by atoms with Crippen LogP contribution in [0.25, 0.3) is 0 Å². The molecule has 1 aliphatic rings. The summed E-state index contributed by atoms with van der Waals surface area (Å²) < 4.78 is 37.7. The van der Waals surface area contributed by atoms with E-state index in [0.717, 1.165) is 21.7 Å². The highest BCUT2D eigenvalue weighted by atomic mass is 32.2. The van der Waals surface area contributed by atoms with Gasteiger partial charge >= 0.3 is 0 Å². The maximum Gasteiger partial charge on any atom is 0.244 e. The normalized spacial score (nSPS) is 13.4. The Balaban J connectivity index is 1.72. The van der Waals surface area contributed by atoms with Gasteiger partial charge in [0.1, 0.15) is 12.6 Å². The van der Waals surface area contributed by atoms with Crippen LogP contribution in [0.5, 0.6) is 11.5 Å². The zero-order valence-electron chi connectivity index (χ0n) is 23.2. The summed E-state index contributed by atoms with van der Waals surface area (Å²) in [4.78, 5) is 29.3. The predicted octanol–water partition coefficient (Wildman–Crippen LogP) is 3.74. The van der Waals surface area contributed by atoms with Crippen molar-refractivity contribution in [3.63, 3.8) is 0 Å². The molecule has 9 nitrogen and oxygen atoms in total. The summed E-state index contributed by atoms with van der Waals surface area (Å²) in [6, 6.07) is 22.6. The van der Waals surface area contributed by atoms with E-state index in [4.69, 9.17) is 9.47 Å². The van der Waals surface area contributed by atoms with Gasteiger partial charge in [-0.15, -0.1) is 0 Å². The largest absolute Gasteiger partial charge is 0.454 e. The fourth-order valence-electron chi connectivity index (χ4n) is 4.44. The highest BCUT2D eigenvalue weighted by molar-refractivity contribution is 7.92. The van der Waals surface area contributed by atoms with Gasteiger partial charge < -0.3 is 19.7 Å². The second-order valence-electron chi connectivity index (χ2n) is 10.8. The van der Waals surface area contributed by atoms with E-state index < -0.39 is 34.1 Å². The number of fused-ring (bicyclic) bond motifs is 1. The predicted molar refractivity (Wildman–Crippen MR) is 154 cm³/mol. The summed E-state index contributed by atoms with van der Waals surface area (Å²) in [5, 5.41) is 3.01. The Labute approximate surface area is 235 Å². The number of sulfonamides is 1. The molecule has 3 aromatic carbocycles. The summed E-state index contributed by atoms with van der Waals surface area (Å²) in [5.74, 6) is 0.0498. The van der Waals surface area contributed by atoms with E-state index in [9.17, 15) is 18.0 Å². The number of anilines is 1. The molecule has 4 rings (SSSR count).